The molecule has 0 radical (unpaired) electrons. The largest absolute Gasteiger partial charge is 0.314 e. The van der Waals surface area contributed by atoms with Gasteiger partial charge in [-0.2, -0.15) is 0 Å². The van der Waals surface area contributed by atoms with Gasteiger partial charge in [0.2, 0.25) is 5.91 Å². The zero-order chi connectivity index (χ0) is 15.7. The van der Waals surface area contributed by atoms with E-state index >= 15 is 0 Å². The lowest BCUT2D eigenvalue weighted by Crippen LogP contribution is -2.53. The van der Waals surface area contributed by atoms with E-state index in [1.165, 1.54) is 12.1 Å². The summed E-state index contributed by atoms with van der Waals surface area (Å²) in [6, 6.07) is 5.10. The highest BCUT2D eigenvalue weighted by molar-refractivity contribution is 5.97. The summed E-state index contributed by atoms with van der Waals surface area (Å²) in [7, 11) is 0. The van der Waals surface area contributed by atoms with Crippen LogP contribution in [0.5, 0.6) is 0 Å². The van der Waals surface area contributed by atoms with Crippen molar-refractivity contribution in [2.24, 2.45) is 0 Å². The Morgan fingerprint density at radius 2 is 2.27 bits per heavy atom. The lowest BCUT2D eigenvalue weighted by Gasteiger charge is -2.34. The van der Waals surface area contributed by atoms with Crippen molar-refractivity contribution in [3.63, 3.8) is 0 Å². The molecule has 0 saturated carbocycles. The van der Waals surface area contributed by atoms with Gasteiger partial charge in [0.15, 0.2) is 0 Å². The summed E-state index contributed by atoms with van der Waals surface area (Å²) in [4.78, 5) is 27.0. The van der Waals surface area contributed by atoms with Gasteiger partial charge in [-0.15, -0.1) is 0 Å². The number of anilines is 1. The number of carbonyl (C=O) groups excluding carboxylic acids is 1. The summed E-state index contributed by atoms with van der Waals surface area (Å²) in [5.74, 6) is 0.0213. The third kappa shape index (κ3) is 2.82. The van der Waals surface area contributed by atoms with Crippen LogP contribution in [0, 0.1) is 10.1 Å². The maximum atomic E-state index is 12.6. The third-order valence-electron chi connectivity index (χ3n) is 4.45. The fourth-order valence-electron chi connectivity index (χ4n) is 3.12. The van der Waals surface area contributed by atoms with E-state index in [2.05, 4.69) is 17.1 Å². The minimum absolute atomic E-state index is 0.0213. The Balaban J connectivity index is 1.75. The zero-order valence-corrected chi connectivity index (χ0v) is 12.6. The molecule has 1 atom stereocenters. The highest BCUT2D eigenvalue weighted by atomic mass is 16.6. The van der Waals surface area contributed by atoms with E-state index in [1.807, 2.05) is 0 Å². The van der Waals surface area contributed by atoms with Crippen LogP contribution < -0.4 is 10.2 Å². The van der Waals surface area contributed by atoms with Crippen molar-refractivity contribution in [1.82, 2.24) is 10.2 Å². The fourth-order valence-corrected chi connectivity index (χ4v) is 3.12. The number of carbonyl (C=O) groups is 1. The molecule has 1 aromatic rings. The van der Waals surface area contributed by atoms with Gasteiger partial charge in [-0.25, -0.2) is 0 Å². The Bertz CT molecular complexity index is 604. The predicted octanol–water partition coefficient (Wildman–Crippen LogP) is 0.778. The van der Waals surface area contributed by atoms with Gasteiger partial charge in [0.1, 0.15) is 0 Å². The van der Waals surface area contributed by atoms with Gasteiger partial charge in [-0.1, -0.05) is 6.07 Å². The highest BCUT2D eigenvalue weighted by Crippen LogP contribution is 2.31. The van der Waals surface area contributed by atoms with Crippen molar-refractivity contribution in [2.75, 3.05) is 37.6 Å². The minimum atomic E-state index is -0.417. The number of nitrogens with one attached hydrogen (secondary N) is 1. The molecule has 1 amide bonds. The van der Waals surface area contributed by atoms with Crippen molar-refractivity contribution >= 4 is 17.3 Å². The molecule has 1 saturated heterocycles. The predicted molar refractivity (Wildman–Crippen MR) is 83.1 cm³/mol. The number of rotatable bonds is 3. The van der Waals surface area contributed by atoms with Crippen LogP contribution in [0.4, 0.5) is 11.4 Å². The lowest BCUT2D eigenvalue weighted by atomic mass is 10.1. The number of piperazine rings is 1. The zero-order valence-electron chi connectivity index (χ0n) is 12.6. The van der Waals surface area contributed by atoms with E-state index in [9.17, 15) is 14.9 Å². The van der Waals surface area contributed by atoms with Crippen molar-refractivity contribution in [3.05, 3.63) is 33.9 Å². The molecule has 2 aliphatic rings. The summed E-state index contributed by atoms with van der Waals surface area (Å²) >= 11 is 0. The number of nitrogens with zero attached hydrogens (tertiary/aromatic N) is 3. The normalized spacial score (nSPS) is 21.7. The second kappa shape index (κ2) is 6.02. The molecule has 0 spiro atoms. The van der Waals surface area contributed by atoms with Crippen LogP contribution in [0.1, 0.15) is 12.5 Å². The van der Waals surface area contributed by atoms with E-state index in [0.717, 1.165) is 31.6 Å². The molecular formula is C15H20N4O3. The van der Waals surface area contributed by atoms with Gasteiger partial charge < -0.3 is 10.2 Å². The molecule has 2 aliphatic heterocycles. The first-order valence-corrected chi connectivity index (χ1v) is 7.58. The first-order valence-electron chi connectivity index (χ1n) is 7.58. The Morgan fingerprint density at radius 3 is 3.00 bits per heavy atom. The van der Waals surface area contributed by atoms with Crippen LogP contribution in [-0.4, -0.2) is 54.5 Å². The smallest absolute Gasteiger partial charge is 0.271 e. The summed E-state index contributed by atoms with van der Waals surface area (Å²) in [6.07, 6.45) is 0.760. The Kier molecular flexibility index (Phi) is 4.08. The van der Waals surface area contributed by atoms with E-state index < -0.39 is 4.92 Å². The van der Waals surface area contributed by atoms with Gasteiger partial charge in [0.05, 0.1) is 17.2 Å². The number of fused-ring (bicyclic) bond motifs is 1. The van der Waals surface area contributed by atoms with E-state index in [4.69, 9.17) is 0 Å². The first kappa shape index (κ1) is 14.9. The van der Waals surface area contributed by atoms with E-state index in [1.54, 1.807) is 11.0 Å². The second-order valence-electron chi connectivity index (χ2n) is 5.89. The maximum Gasteiger partial charge on any atom is 0.271 e. The molecule has 118 valence electrons. The molecule has 1 fully saturated rings. The molecule has 0 unspecified atom stereocenters. The molecule has 22 heavy (non-hydrogen) atoms. The van der Waals surface area contributed by atoms with E-state index in [0.29, 0.717) is 24.8 Å². The molecule has 0 bridgehead atoms. The Morgan fingerprint density at radius 1 is 1.45 bits per heavy atom. The number of benzene rings is 1. The van der Waals surface area contributed by atoms with Crippen LogP contribution in [-0.2, 0) is 11.2 Å². The Labute approximate surface area is 129 Å². The molecule has 1 aromatic carbocycles. The van der Waals surface area contributed by atoms with Gasteiger partial charge in [0.25, 0.3) is 5.69 Å². The molecular weight excluding hydrogens is 284 g/mol. The number of hydrogen-bond donors (Lipinski definition) is 1. The second-order valence-corrected chi connectivity index (χ2v) is 5.89. The maximum absolute atomic E-state index is 12.6. The van der Waals surface area contributed by atoms with Crippen molar-refractivity contribution in [2.45, 2.75) is 19.4 Å². The van der Waals surface area contributed by atoms with E-state index in [-0.39, 0.29) is 11.6 Å². The van der Waals surface area contributed by atoms with Crippen LogP contribution in [0.25, 0.3) is 0 Å². The minimum Gasteiger partial charge on any atom is -0.314 e. The van der Waals surface area contributed by atoms with Gasteiger partial charge in [-0.05, 0) is 18.9 Å². The molecule has 0 aromatic heterocycles. The lowest BCUT2D eigenvalue weighted by molar-refractivity contribution is -0.384. The SMILES string of the molecule is C[C@H]1CNCCN1CC(=O)N1CCc2ccc([N+](=O)[O-])cc21. The average Bonchev–Trinajstić information content (AvgIpc) is 2.92. The summed E-state index contributed by atoms with van der Waals surface area (Å²) in [5.41, 5.74) is 1.74. The van der Waals surface area contributed by atoms with Gasteiger partial charge in [-0.3, -0.25) is 19.8 Å². The standard InChI is InChI=1S/C15H20N4O3/c1-11-9-16-5-7-17(11)10-15(20)18-6-4-12-2-3-13(19(21)22)8-14(12)18/h2-3,8,11,16H,4-7,9-10H2,1H3/t11-/m0/s1. The van der Waals surface area contributed by atoms with Crippen molar-refractivity contribution < 1.29 is 9.72 Å². The number of non-ortho nitro benzene ring substituents is 1. The molecule has 7 heteroatoms. The monoisotopic (exact) mass is 304 g/mol. The number of nitro groups is 1. The molecule has 2 heterocycles. The topological polar surface area (TPSA) is 78.7 Å². The number of amides is 1. The number of hydrogen-bond acceptors (Lipinski definition) is 5. The van der Waals surface area contributed by atoms with Gasteiger partial charge in [0, 0.05) is 44.4 Å². The summed E-state index contributed by atoms with van der Waals surface area (Å²) < 4.78 is 0. The third-order valence-corrected chi connectivity index (χ3v) is 4.45. The molecule has 1 N–H and O–H groups in total. The van der Waals surface area contributed by atoms with Crippen molar-refractivity contribution in [3.8, 4) is 0 Å². The molecule has 7 nitrogen and oxygen atoms in total. The highest BCUT2D eigenvalue weighted by Gasteiger charge is 2.29. The van der Waals surface area contributed by atoms with Crippen LogP contribution >= 0.6 is 0 Å². The average molecular weight is 304 g/mol. The number of nitro benzene ring substituents is 1. The van der Waals surface area contributed by atoms with Crippen LogP contribution in [0.3, 0.4) is 0 Å². The Hall–Kier alpha value is -1.99. The summed E-state index contributed by atoms with van der Waals surface area (Å²) in [6.45, 7) is 5.69. The van der Waals surface area contributed by atoms with Crippen LogP contribution in [0.15, 0.2) is 18.2 Å². The van der Waals surface area contributed by atoms with Gasteiger partial charge >= 0.3 is 0 Å². The summed E-state index contributed by atoms with van der Waals surface area (Å²) in [5, 5.41) is 14.2. The van der Waals surface area contributed by atoms with Crippen LogP contribution in [0.2, 0.25) is 0 Å². The van der Waals surface area contributed by atoms with Crippen molar-refractivity contribution in [1.29, 1.82) is 0 Å². The molecule has 0 aliphatic carbocycles. The first-order chi connectivity index (χ1) is 10.6. The fraction of sp³-hybridized carbons (Fsp3) is 0.533. The quantitative estimate of drug-likeness (QED) is 0.659. The molecule has 3 rings (SSSR count).